The van der Waals surface area contributed by atoms with Crippen LogP contribution in [0.1, 0.15) is 6.92 Å². The van der Waals surface area contributed by atoms with Crippen molar-refractivity contribution in [2.75, 3.05) is 5.75 Å². The van der Waals surface area contributed by atoms with Gasteiger partial charge < -0.3 is 0 Å². The van der Waals surface area contributed by atoms with Crippen LogP contribution in [0.2, 0.25) is 10.0 Å². The SMILES string of the molecule is CC(=O)CS(=O)(=O)c1cc(Cl)ccc1Cl. The minimum absolute atomic E-state index is 0.0700. The monoisotopic (exact) mass is 266 g/mol. The number of ketones is 1. The molecular weight excluding hydrogens is 259 g/mol. The van der Waals surface area contributed by atoms with Gasteiger partial charge in [-0.25, -0.2) is 8.42 Å². The van der Waals surface area contributed by atoms with Crippen LogP contribution in [0.3, 0.4) is 0 Å². The number of Topliss-reactive ketones (excluding diaryl/α,β-unsaturated/α-hetero) is 1. The molecular formula is C9H8Cl2O3S. The fourth-order valence-corrected chi connectivity index (χ4v) is 3.13. The lowest BCUT2D eigenvalue weighted by atomic mass is 10.4. The van der Waals surface area contributed by atoms with Gasteiger partial charge in [-0.1, -0.05) is 23.2 Å². The molecule has 0 spiro atoms. The second kappa shape index (κ2) is 4.51. The Morgan fingerprint density at radius 1 is 1.33 bits per heavy atom. The molecule has 15 heavy (non-hydrogen) atoms. The molecule has 0 heterocycles. The Labute approximate surface area is 97.9 Å². The number of hydrogen-bond acceptors (Lipinski definition) is 3. The van der Waals surface area contributed by atoms with E-state index in [2.05, 4.69) is 0 Å². The Hall–Kier alpha value is -0.580. The highest BCUT2D eigenvalue weighted by Crippen LogP contribution is 2.25. The highest BCUT2D eigenvalue weighted by atomic mass is 35.5. The van der Waals surface area contributed by atoms with Gasteiger partial charge in [0.05, 0.1) is 9.92 Å². The highest BCUT2D eigenvalue weighted by Gasteiger charge is 2.20. The van der Waals surface area contributed by atoms with E-state index < -0.39 is 21.4 Å². The number of rotatable bonds is 3. The van der Waals surface area contributed by atoms with Crippen LogP contribution >= 0.6 is 23.2 Å². The number of carbonyl (C=O) groups is 1. The van der Waals surface area contributed by atoms with Crippen molar-refractivity contribution in [3.63, 3.8) is 0 Å². The van der Waals surface area contributed by atoms with Gasteiger partial charge in [0.15, 0.2) is 9.84 Å². The molecule has 1 aromatic carbocycles. The summed E-state index contributed by atoms with van der Waals surface area (Å²) in [5, 5.41) is 0.335. The predicted molar refractivity (Wildman–Crippen MR) is 59.2 cm³/mol. The summed E-state index contributed by atoms with van der Waals surface area (Å²) in [5.74, 6) is -1.00. The van der Waals surface area contributed by atoms with Gasteiger partial charge in [0, 0.05) is 5.02 Å². The van der Waals surface area contributed by atoms with Crippen molar-refractivity contribution in [2.24, 2.45) is 0 Å². The van der Waals surface area contributed by atoms with Crippen molar-refractivity contribution in [3.8, 4) is 0 Å². The maximum atomic E-state index is 11.7. The lowest BCUT2D eigenvalue weighted by Gasteiger charge is -2.04. The summed E-state index contributed by atoms with van der Waals surface area (Å²) in [4.78, 5) is 10.7. The van der Waals surface area contributed by atoms with Gasteiger partial charge in [-0.2, -0.15) is 0 Å². The average molecular weight is 267 g/mol. The van der Waals surface area contributed by atoms with E-state index in [0.29, 0.717) is 0 Å². The van der Waals surface area contributed by atoms with Crippen molar-refractivity contribution in [2.45, 2.75) is 11.8 Å². The molecule has 3 nitrogen and oxygen atoms in total. The van der Waals surface area contributed by atoms with Crippen molar-refractivity contribution in [1.29, 1.82) is 0 Å². The molecule has 0 aromatic heterocycles. The smallest absolute Gasteiger partial charge is 0.186 e. The average Bonchev–Trinajstić information content (AvgIpc) is 2.06. The minimum Gasteiger partial charge on any atom is -0.299 e. The maximum absolute atomic E-state index is 11.7. The lowest BCUT2D eigenvalue weighted by molar-refractivity contribution is -0.114. The van der Waals surface area contributed by atoms with Gasteiger partial charge in [-0.05, 0) is 25.1 Å². The second-order valence-electron chi connectivity index (χ2n) is 3.04. The molecule has 1 rings (SSSR count). The molecule has 0 atom stereocenters. The van der Waals surface area contributed by atoms with Crippen LogP contribution < -0.4 is 0 Å². The van der Waals surface area contributed by atoms with Crippen LogP contribution in [0, 0.1) is 0 Å². The van der Waals surface area contributed by atoms with E-state index in [1.165, 1.54) is 25.1 Å². The molecule has 0 N–H and O–H groups in total. The van der Waals surface area contributed by atoms with Gasteiger partial charge >= 0.3 is 0 Å². The Bertz CT molecular complexity index is 494. The summed E-state index contributed by atoms with van der Waals surface area (Å²) in [6.45, 7) is 1.20. The van der Waals surface area contributed by atoms with E-state index in [9.17, 15) is 13.2 Å². The standard InChI is InChI=1S/C9H8Cl2O3S/c1-6(12)5-15(13,14)9-4-7(10)2-3-8(9)11/h2-4H,5H2,1H3. The largest absolute Gasteiger partial charge is 0.299 e. The zero-order valence-electron chi connectivity index (χ0n) is 7.83. The second-order valence-corrected chi connectivity index (χ2v) is 5.84. The fraction of sp³-hybridized carbons (Fsp3) is 0.222. The quantitative estimate of drug-likeness (QED) is 0.844. The van der Waals surface area contributed by atoms with Gasteiger partial charge in [-0.3, -0.25) is 4.79 Å². The zero-order valence-corrected chi connectivity index (χ0v) is 10.2. The summed E-state index contributed by atoms with van der Waals surface area (Å²) in [7, 11) is -3.68. The topological polar surface area (TPSA) is 51.2 Å². The minimum atomic E-state index is -3.68. The Kier molecular flexibility index (Phi) is 3.76. The Morgan fingerprint density at radius 3 is 2.47 bits per heavy atom. The molecule has 0 unspecified atom stereocenters. The molecule has 0 saturated heterocycles. The summed E-state index contributed by atoms with van der Waals surface area (Å²) in [5.41, 5.74) is 0. The third-order valence-electron chi connectivity index (χ3n) is 1.62. The van der Waals surface area contributed by atoms with Crippen LogP contribution in [0.4, 0.5) is 0 Å². The van der Waals surface area contributed by atoms with E-state index in [4.69, 9.17) is 23.2 Å². The normalized spacial score (nSPS) is 11.4. The lowest BCUT2D eigenvalue weighted by Crippen LogP contribution is -2.13. The highest BCUT2D eigenvalue weighted by molar-refractivity contribution is 7.92. The molecule has 0 radical (unpaired) electrons. The number of halogens is 2. The Balaban J connectivity index is 3.26. The molecule has 0 aliphatic carbocycles. The van der Waals surface area contributed by atoms with Gasteiger partial charge in [0.1, 0.15) is 11.5 Å². The molecule has 0 amide bonds. The first-order valence-corrected chi connectivity index (χ1v) is 6.41. The summed E-state index contributed by atoms with van der Waals surface area (Å²) in [6.07, 6.45) is 0. The third kappa shape index (κ3) is 3.19. The summed E-state index contributed by atoms with van der Waals surface area (Å²) >= 11 is 11.4. The van der Waals surface area contributed by atoms with E-state index in [1.807, 2.05) is 0 Å². The molecule has 82 valence electrons. The predicted octanol–water partition coefficient (Wildman–Crippen LogP) is 2.36. The van der Waals surface area contributed by atoms with Crippen molar-refractivity contribution in [1.82, 2.24) is 0 Å². The zero-order chi connectivity index (χ0) is 11.6. The molecule has 1 aromatic rings. The van der Waals surface area contributed by atoms with E-state index in [1.54, 1.807) is 0 Å². The third-order valence-corrected chi connectivity index (χ3v) is 4.09. The van der Waals surface area contributed by atoms with Gasteiger partial charge in [0.2, 0.25) is 0 Å². The van der Waals surface area contributed by atoms with Crippen LogP contribution in [-0.2, 0) is 14.6 Å². The number of hydrogen-bond donors (Lipinski definition) is 0. The van der Waals surface area contributed by atoms with Crippen molar-refractivity contribution in [3.05, 3.63) is 28.2 Å². The molecule has 0 fully saturated rings. The molecule has 0 bridgehead atoms. The van der Waals surface area contributed by atoms with Gasteiger partial charge in [0.25, 0.3) is 0 Å². The van der Waals surface area contributed by atoms with E-state index in [-0.39, 0.29) is 14.9 Å². The van der Waals surface area contributed by atoms with Crippen molar-refractivity contribution < 1.29 is 13.2 Å². The van der Waals surface area contributed by atoms with Crippen LogP contribution in [0.15, 0.2) is 23.1 Å². The first-order valence-electron chi connectivity index (χ1n) is 4.00. The van der Waals surface area contributed by atoms with Crippen LogP contribution in [-0.4, -0.2) is 20.0 Å². The number of sulfone groups is 1. The number of carbonyl (C=O) groups excluding carboxylic acids is 1. The van der Waals surface area contributed by atoms with Crippen LogP contribution in [0.5, 0.6) is 0 Å². The molecule has 6 heteroatoms. The first-order chi connectivity index (χ1) is 6.83. The molecule has 0 aliphatic rings. The van der Waals surface area contributed by atoms with Crippen molar-refractivity contribution >= 4 is 38.8 Å². The van der Waals surface area contributed by atoms with Crippen LogP contribution in [0.25, 0.3) is 0 Å². The fourth-order valence-electron chi connectivity index (χ4n) is 1.06. The molecule has 0 aliphatic heterocycles. The van der Waals surface area contributed by atoms with E-state index in [0.717, 1.165) is 0 Å². The van der Waals surface area contributed by atoms with Gasteiger partial charge in [-0.15, -0.1) is 0 Å². The summed E-state index contributed by atoms with van der Waals surface area (Å²) in [6, 6.07) is 4.11. The molecule has 0 saturated carbocycles. The first kappa shape index (κ1) is 12.5. The van der Waals surface area contributed by atoms with E-state index >= 15 is 0 Å². The Morgan fingerprint density at radius 2 is 1.93 bits per heavy atom. The number of benzene rings is 1. The maximum Gasteiger partial charge on any atom is 0.186 e. The summed E-state index contributed by atoms with van der Waals surface area (Å²) < 4.78 is 23.3.